The number of hydrogen-bond acceptors (Lipinski definition) is 3. The molecule has 1 fully saturated rings. The lowest BCUT2D eigenvalue weighted by Crippen LogP contribution is -2.35. The zero-order valence-corrected chi connectivity index (χ0v) is 11.5. The molecule has 1 saturated carbocycles. The largest absolute Gasteiger partial charge is 0.419 e. The summed E-state index contributed by atoms with van der Waals surface area (Å²) in [6.07, 6.45) is 3.20. The second-order valence-corrected chi connectivity index (χ2v) is 5.78. The van der Waals surface area contributed by atoms with Crippen molar-refractivity contribution in [2.75, 3.05) is 11.6 Å². The van der Waals surface area contributed by atoms with Gasteiger partial charge in [0.05, 0.1) is 5.56 Å². The van der Waals surface area contributed by atoms with Crippen LogP contribution in [0, 0.1) is 0 Å². The molecule has 1 aromatic heterocycles. The predicted molar refractivity (Wildman–Crippen MR) is 72.4 cm³/mol. The number of aromatic nitrogens is 1. The number of rotatable bonds is 3. The van der Waals surface area contributed by atoms with Crippen LogP contribution < -0.4 is 5.32 Å². The van der Waals surface area contributed by atoms with Gasteiger partial charge in [0, 0.05) is 17.5 Å². The van der Waals surface area contributed by atoms with Crippen molar-refractivity contribution in [3.8, 4) is 0 Å². The molecule has 0 bridgehead atoms. The third-order valence-electron chi connectivity index (χ3n) is 3.44. The summed E-state index contributed by atoms with van der Waals surface area (Å²) in [4.78, 5) is 3.87. The van der Waals surface area contributed by atoms with Crippen LogP contribution in [0.4, 0.5) is 19.0 Å². The smallest absolute Gasteiger partial charge is 0.366 e. The van der Waals surface area contributed by atoms with Crippen LogP contribution in [0.3, 0.4) is 0 Å². The fourth-order valence-electron chi connectivity index (χ4n) is 2.47. The van der Waals surface area contributed by atoms with Gasteiger partial charge in [0.15, 0.2) is 0 Å². The lowest BCUT2D eigenvalue weighted by Gasteiger charge is -2.32. The molecule has 0 aromatic carbocycles. The summed E-state index contributed by atoms with van der Waals surface area (Å²) >= 11 is 1.71. The Hall–Kier alpha value is -0.910. The van der Waals surface area contributed by atoms with Gasteiger partial charge in [0.25, 0.3) is 0 Å². The maximum Gasteiger partial charge on any atom is 0.419 e. The number of alkyl halides is 3. The first-order valence-electron chi connectivity index (χ1n) is 6.34. The van der Waals surface area contributed by atoms with Crippen molar-refractivity contribution < 1.29 is 13.2 Å². The first kappa shape index (κ1) is 14.5. The molecule has 2 unspecified atom stereocenters. The van der Waals surface area contributed by atoms with Crippen molar-refractivity contribution >= 4 is 17.6 Å². The van der Waals surface area contributed by atoms with Crippen molar-refractivity contribution in [1.29, 1.82) is 0 Å². The molecule has 0 radical (unpaired) electrons. The number of anilines is 1. The predicted octanol–water partition coefficient (Wildman–Crippen LogP) is 4.19. The standard InChI is InChI=1S/C13H17F3N2S/c1-19-11-7-3-2-6-10(11)18-12-9(13(14,15)16)5-4-8-17-12/h4-5,8,10-11H,2-3,6-7H2,1H3,(H,17,18). The molecule has 2 atom stereocenters. The highest BCUT2D eigenvalue weighted by Crippen LogP contribution is 2.35. The van der Waals surface area contributed by atoms with Crippen LogP contribution in [0.2, 0.25) is 0 Å². The molecule has 0 amide bonds. The molecule has 1 aliphatic carbocycles. The topological polar surface area (TPSA) is 24.9 Å². The molecule has 2 nitrogen and oxygen atoms in total. The van der Waals surface area contributed by atoms with E-state index >= 15 is 0 Å². The minimum absolute atomic E-state index is 0.0408. The van der Waals surface area contributed by atoms with E-state index in [9.17, 15) is 13.2 Å². The first-order valence-corrected chi connectivity index (χ1v) is 7.62. The van der Waals surface area contributed by atoms with Gasteiger partial charge < -0.3 is 5.32 Å². The number of hydrogen-bond donors (Lipinski definition) is 1. The molecule has 1 aliphatic rings. The number of nitrogens with zero attached hydrogens (tertiary/aromatic N) is 1. The highest BCUT2D eigenvalue weighted by atomic mass is 32.2. The third kappa shape index (κ3) is 3.55. The maximum absolute atomic E-state index is 12.9. The minimum atomic E-state index is -4.36. The average Bonchev–Trinajstić information content (AvgIpc) is 2.39. The Kier molecular flexibility index (Phi) is 4.60. The summed E-state index contributed by atoms with van der Waals surface area (Å²) < 4.78 is 38.7. The van der Waals surface area contributed by atoms with Crippen molar-refractivity contribution in [3.63, 3.8) is 0 Å². The monoisotopic (exact) mass is 290 g/mol. The lowest BCUT2D eigenvalue weighted by molar-refractivity contribution is -0.137. The van der Waals surface area contributed by atoms with Crippen LogP contribution in [0.25, 0.3) is 0 Å². The van der Waals surface area contributed by atoms with E-state index in [-0.39, 0.29) is 11.9 Å². The molecule has 0 spiro atoms. The molecule has 1 heterocycles. The Bertz CT molecular complexity index is 423. The van der Waals surface area contributed by atoms with Gasteiger partial charge in [-0.15, -0.1) is 0 Å². The second kappa shape index (κ2) is 6.03. The van der Waals surface area contributed by atoms with E-state index in [4.69, 9.17) is 0 Å². The van der Waals surface area contributed by atoms with Gasteiger partial charge in [0.1, 0.15) is 5.82 Å². The van der Waals surface area contributed by atoms with Gasteiger partial charge in [-0.25, -0.2) is 4.98 Å². The van der Waals surface area contributed by atoms with E-state index in [0.29, 0.717) is 5.25 Å². The molecule has 0 aliphatic heterocycles. The molecule has 0 saturated heterocycles. The molecular weight excluding hydrogens is 273 g/mol. The molecule has 1 N–H and O–H groups in total. The van der Waals surface area contributed by atoms with Crippen LogP contribution in [-0.2, 0) is 6.18 Å². The molecule has 2 rings (SSSR count). The summed E-state index contributed by atoms with van der Waals surface area (Å²) in [5, 5.41) is 3.36. The SMILES string of the molecule is CSC1CCCCC1Nc1ncccc1C(F)(F)F. The Morgan fingerprint density at radius 2 is 2.05 bits per heavy atom. The van der Waals surface area contributed by atoms with Crippen molar-refractivity contribution in [2.24, 2.45) is 0 Å². The first-order chi connectivity index (χ1) is 9.02. The van der Waals surface area contributed by atoms with Crippen molar-refractivity contribution in [3.05, 3.63) is 23.9 Å². The highest BCUT2D eigenvalue weighted by Gasteiger charge is 2.35. The molecule has 19 heavy (non-hydrogen) atoms. The van der Waals surface area contributed by atoms with Gasteiger partial charge in [0.2, 0.25) is 0 Å². The summed E-state index contributed by atoms with van der Waals surface area (Å²) in [6.45, 7) is 0. The van der Waals surface area contributed by atoms with Crippen LogP contribution in [-0.4, -0.2) is 22.5 Å². The van der Waals surface area contributed by atoms with Gasteiger partial charge in [-0.2, -0.15) is 24.9 Å². The zero-order valence-electron chi connectivity index (χ0n) is 10.7. The zero-order chi connectivity index (χ0) is 13.9. The fraction of sp³-hybridized carbons (Fsp3) is 0.615. The van der Waals surface area contributed by atoms with Crippen LogP contribution >= 0.6 is 11.8 Å². The summed E-state index contributed by atoms with van der Waals surface area (Å²) in [6, 6.07) is 2.47. The summed E-state index contributed by atoms with van der Waals surface area (Å²) in [7, 11) is 0. The quantitative estimate of drug-likeness (QED) is 0.903. The second-order valence-electron chi connectivity index (χ2n) is 4.71. The summed E-state index contributed by atoms with van der Waals surface area (Å²) in [5.74, 6) is -0.0408. The maximum atomic E-state index is 12.9. The van der Waals surface area contributed by atoms with Crippen molar-refractivity contribution in [2.45, 2.75) is 43.2 Å². The molecule has 106 valence electrons. The van der Waals surface area contributed by atoms with Gasteiger partial charge >= 0.3 is 6.18 Å². The number of pyridine rings is 1. The average molecular weight is 290 g/mol. The Morgan fingerprint density at radius 3 is 2.74 bits per heavy atom. The Labute approximate surface area is 115 Å². The van der Waals surface area contributed by atoms with E-state index in [1.54, 1.807) is 11.8 Å². The van der Waals surface area contributed by atoms with E-state index in [0.717, 1.165) is 31.7 Å². The van der Waals surface area contributed by atoms with E-state index in [1.165, 1.54) is 12.3 Å². The van der Waals surface area contributed by atoms with Gasteiger partial charge in [-0.3, -0.25) is 0 Å². The van der Waals surface area contributed by atoms with E-state index in [1.807, 2.05) is 6.26 Å². The van der Waals surface area contributed by atoms with Crippen LogP contribution in [0.5, 0.6) is 0 Å². The third-order valence-corrected chi connectivity index (χ3v) is 4.61. The highest BCUT2D eigenvalue weighted by molar-refractivity contribution is 7.99. The molecular formula is C13H17F3N2S. The summed E-state index contributed by atoms with van der Waals surface area (Å²) in [5.41, 5.74) is -0.680. The van der Waals surface area contributed by atoms with Crippen LogP contribution in [0.15, 0.2) is 18.3 Å². The van der Waals surface area contributed by atoms with Crippen LogP contribution in [0.1, 0.15) is 31.2 Å². The van der Waals surface area contributed by atoms with E-state index in [2.05, 4.69) is 10.3 Å². The van der Waals surface area contributed by atoms with Crippen molar-refractivity contribution in [1.82, 2.24) is 4.98 Å². The Balaban J connectivity index is 2.18. The lowest BCUT2D eigenvalue weighted by atomic mass is 9.94. The van der Waals surface area contributed by atoms with Gasteiger partial charge in [-0.1, -0.05) is 12.8 Å². The van der Waals surface area contributed by atoms with Gasteiger partial charge in [-0.05, 0) is 31.2 Å². The Morgan fingerprint density at radius 1 is 1.32 bits per heavy atom. The molecule has 1 aromatic rings. The minimum Gasteiger partial charge on any atom is -0.366 e. The number of halogens is 3. The normalized spacial score (nSPS) is 24.2. The fourth-order valence-corrected chi connectivity index (χ4v) is 3.40. The number of thioether (sulfide) groups is 1. The molecule has 6 heteroatoms. The number of nitrogens with one attached hydrogen (secondary N) is 1. The van der Waals surface area contributed by atoms with E-state index < -0.39 is 11.7 Å².